The Balaban J connectivity index is 3.71. The Morgan fingerprint density at radius 1 is 1.23 bits per heavy atom. The maximum atomic E-state index is 11.3. The average molecular weight is 184 g/mol. The van der Waals surface area contributed by atoms with Gasteiger partial charge in [-0.3, -0.25) is 9.59 Å². The van der Waals surface area contributed by atoms with Gasteiger partial charge in [0, 0.05) is 25.2 Å². The molecule has 0 aliphatic carbocycles. The van der Waals surface area contributed by atoms with Crippen LogP contribution in [0.5, 0.6) is 0 Å². The summed E-state index contributed by atoms with van der Waals surface area (Å²) in [7, 11) is 0. The standard InChI is InChI=1S/C11H20O2/c1-4-6-7-10(12)8-9(3)11(13)5-2/h9H,4-8H2,1-3H3. The summed E-state index contributed by atoms with van der Waals surface area (Å²) in [6.07, 6.45) is 3.61. The van der Waals surface area contributed by atoms with Crippen LogP contribution in [-0.4, -0.2) is 11.6 Å². The van der Waals surface area contributed by atoms with Gasteiger partial charge in [0.05, 0.1) is 0 Å². The number of hydrogen-bond acceptors (Lipinski definition) is 2. The van der Waals surface area contributed by atoms with Gasteiger partial charge >= 0.3 is 0 Å². The highest BCUT2D eigenvalue weighted by molar-refractivity contribution is 5.87. The zero-order valence-electron chi connectivity index (χ0n) is 8.93. The molecule has 13 heavy (non-hydrogen) atoms. The van der Waals surface area contributed by atoms with E-state index in [4.69, 9.17) is 0 Å². The summed E-state index contributed by atoms with van der Waals surface area (Å²) in [5.74, 6) is 0.357. The van der Waals surface area contributed by atoms with Crippen molar-refractivity contribution in [3.63, 3.8) is 0 Å². The average Bonchev–Trinajstić information content (AvgIpc) is 2.13. The minimum Gasteiger partial charge on any atom is -0.300 e. The lowest BCUT2D eigenvalue weighted by Crippen LogP contribution is -2.14. The first kappa shape index (κ1) is 12.3. The van der Waals surface area contributed by atoms with E-state index in [0.717, 1.165) is 12.8 Å². The predicted octanol–water partition coefficient (Wildman–Crippen LogP) is 2.75. The molecule has 2 nitrogen and oxygen atoms in total. The molecule has 1 atom stereocenters. The topological polar surface area (TPSA) is 34.1 Å². The van der Waals surface area contributed by atoms with Gasteiger partial charge in [-0.25, -0.2) is 0 Å². The lowest BCUT2D eigenvalue weighted by atomic mass is 9.96. The molecule has 0 fully saturated rings. The highest BCUT2D eigenvalue weighted by Crippen LogP contribution is 2.09. The molecule has 0 rings (SSSR count). The Hall–Kier alpha value is -0.660. The van der Waals surface area contributed by atoms with Crippen LogP contribution in [0.1, 0.15) is 52.9 Å². The van der Waals surface area contributed by atoms with Crippen LogP contribution >= 0.6 is 0 Å². The van der Waals surface area contributed by atoms with Crippen LogP contribution in [0.2, 0.25) is 0 Å². The first-order valence-corrected chi connectivity index (χ1v) is 5.16. The molecule has 0 aromatic heterocycles. The van der Waals surface area contributed by atoms with Gasteiger partial charge in [0.2, 0.25) is 0 Å². The van der Waals surface area contributed by atoms with Crippen LogP contribution in [-0.2, 0) is 9.59 Å². The summed E-state index contributed by atoms with van der Waals surface area (Å²) in [6.45, 7) is 5.75. The van der Waals surface area contributed by atoms with Crippen LogP contribution in [0.15, 0.2) is 0 Å². The summed E-state index contributed by atoms with van der Waals surface area (Å²) in [5.41, 5.74) is 0. The van der Waals surface area contributed by atoms with Gasteiger partial charge in [0.15, 0.2) is 0 Å². The maximum Gasteiger partial charge on any atom is 0.135 e. The molecule has 2 heteroatoms. The molecular formula is C11H20O2. The second-order valence-electron chi connectivity index (χ2n) is 3.57. The molecule has 0 spiro atoms. The van der Waals surface area contributed by atoms with Crippen molar-refractivity contribution in [2.45, 2.75) is 52.9 Å². The molecule has 0 saturated heterocycles. The van der Waals surface area contributed by atoms with E-state index in [0.29, 0.717) is 19.3 Å². The molecule has 0 aromatic carbocycles. The van der Waals surface area contributed by atoms with Gasteiger partial charge in [-0.1, -0.05) is 27.2 Å². The molecule has 0 aromatic rings. The van der Waals surface area contributed by atoms with E-state index < -0.39 is 0 Å². The van der Waals surface area contributed by atoms with E-state index in [1.807, 2.05) is 13.8 Å². The van der Waals surface area contributed by atoms with E-state index in [1.54, 1.807) is 0 Å². The Labute approximate surface area is 80.7 Å². The molecule has 0 aliphatic rings. The lowest BCUT2D eigenvalue weighted by molar-refractivity contribution is -0.127. The van der Waals surface area contributed by atoms with Crippen molar-refractivity contribution in [2.24, 2.45) is 5.92 Å². The quantitative estimate of drug-likeness (QED) is 0.609. The van der Waals surface area contributed by atoms with Crippen molar-refractivity contribution in [3.05, 3.63) is 0 Å². The summed E-state index contributed by atoms with van der Waals surface area (Å²) >= 11 is 0. The zero-order valence-corrected chi connectivity index (χ0v) is 8.93. The number of hydrogen-bond donors (Lipinski definition) is 0. The van der Waals surface area contributed by atoms with Crippen molar-refractivity contribution in [2.75, 3.05) is 0 Å². The van der Waals surface area contributed by atoms with E-state index >= 15 is 0 Å². The first-order valence-electron chi connectivity index (χ1n) is 5.16. The summed E-state index contributed by atoms with van der Waals surface area (Å²) < 4.78 is 0. The van der Waals surface area contributed by atoms with Crippen molar-refractivity contribution in [3.8, 4) is 0 Å². The van der Waals surface area contributed by atoms with E-state index in [1.165, 1.54) is 0 Å². The van der Waals surface area contributed by atoms with Crippen molar-refractivity contribution < 1.29 is 9.59 Å². The Morgan fingerprint density at radius 2 is 1.85 bits per heavy atom. The van der Waals surface area contributed by atoms with Crippen molar-refractivity contribution >= 4 is 11.6 Å². The van der Waals surface area contributed by atoms with Crippen LogP contribution in [0.4, 0.5) is 0 Å². The molecule has 0 saturated carbocycles. The fourth-order valence-corrected chi connectivity index (χ4v) is 1.28. The van der Waals surface area contributed by atoms with Crippen LogP contribution in [0.3, 0.4) is 0 Å². The van der Waals surface area contributed by atoms with Gasteiger partial charge < -0.3 is 0 Å². The van der Waals surface area contributed by atoms with Crippen LogP contribution < -0.4 is 0 Å². The van der Waals surface area contributed by atoms with Crippen molar-refractivity contribution in [1.82, 2.24) is 0 Å². The second-order valence-corrected chi connectivity index (χ2v) is 3.57. The van der Waals surface area contributed by atoms with Gasteiger partial charge in [-0.05, 0) is 6.42 Å². The number of rotatable bonds is 7. The van der Waals surface area contributed by atoms with Crippen LogP contribution in [0.25, 0.3) is 0 Å². The zero-order chi connectivity index (χ0) is 10.3. The second kappa shape index (κ2) is 6.81. The molecule has 1 unspecified atom stereocenters. The fourth-order valence-electron chi connectivity index (χ4n) is 1.28. The molecular weight excluding hydrogens is 164 g/mol. The Bertz CT molecular complexity index is 173. The molecule has 0 bridgehead atoms. The third-order valence-electron chi connectivity index (χ3n) is 2.24. The molecule has 0 radical (unpaired) electrons. The maximum absolute atomic E-state index is 11.3. The van der Waals surface area contributed by atoms with Gasteiger partial charge in [-0.15, -0.1) is 0 Å². The molecule has 0 heterocycles. The smallest absolute Gasteiger partial charge is 0.135 e. The number of ketones is 2. The molecule has 0 N–H and O–H groups in total. The van der Waals surface area contributed by atoms with Crippen LogP contribution in [0, 0.1) is 5.92 Å². The third-order valence-corrected chi connectivity index (χ3v) is 2.24. The highest BCUT2D eigenvalue weighted by atomic mass is 16.1. The SMILES string of the molecule is CCCCC(=O)CC(C)C(=O)CC. The van der Waals surface area contributed by atoms with E-state index in [2.05, 4.69) is 6.92 Å². The normalized spacial score (nSPS) is 12.5. The van der Waals surface area contributed by atoms with Gasteiger partial charge in [0.1, 0.15) is 11.6 Å². The summed E-state index contributed by atoms with van der Waals surface area (Å²) in [4.78, 5) is 22.4. The van der Waals surface area contributed by atoms with E-state index in [-0.39, 0.29) is 17.5 Å². The van der Waals surface area contributed by atoms with Crippen molar-refractivity contribution in [1.29, 1.82) is 0 Å². The predicted molar refractivity (Wildman–Crippen MR) is 53.6 cm³/mol. The Morgan fingerprint density at radius 3 is 2.31 bits per heavy atom. The number of carbonyl (C=O) groups is 2. The molecule has 0 amide bonds. The number of unbranched alkanes of at least 4 members (excludes halogenated alkanes) is 1. The van der Waals surface area contributed by atoms with Gasteiger partial charge in [0.25, 0.3) is 0 Å². The highest BCUT2D eigenvalue weighted by Gasteiger charge is 2.14. The van der Waals surface area contributed by atoms with Gasteiger partial charge in [-0.2, -0.15) is 0 Å². The summed E-state index contributed by atoms with van der Waals surface area (Å²) in [5, 5.41) is 0. The molecule has 76 valence electrons. The monoisotopic (exact) mass is 184 g/mol. The largest absolute Gasteiger partial charge is 0.300 e. The first-order chi connectivity index (χ1) is 6.11. The molecule has 0 aliphatic heterocycles. The lowest BCUT2D eigenvalue weighted by Gasteiger charge is -2.07. The minimum atomic E-state index is -0.0747. The Kier molecular flexibility index (Phi) is 6.47. The minimum absolute atomic E-state index is 0.0747. The third kappa shape index (κ3) is 5.56. The number of carbonyl (C=O) groups excluding carboxylic acids is 2. The van der Waals surface area contributed by atoms with E-state index in [9.17, 15) is 9.59 Å². The summed E-state index contributed by atoms with van der Waals surface area (Å²) in [6, 6.07) is 0. The fraction of sp³-hybridized carbons (Fsp3) is 0.818. The number of Topliss-reactive ketones (excluding diaryl/α,β-unsaturated/α-hetero) is 2.